The Balaban J connectivity index is 3.54. The lowest BCUT2D eigenvalue weighted by molar-refractivity contribution is -0.0293. The molecule has 0 spiro atoms. The third-order valence-corrected chi connectivity index (χ3v) is 1.69. The van der Waals surface area contributed by atoms with Crippen molar-refractivity contribution >= 4 is 0 Å². The topological polar surface area (TPSA) is 35.2 Å². The van der Waals surface area contributed by atoms with Crippen LogP contribution in [0.5, 0.6) is 0 Å². The van der Waals surface area contributed by atoms with Crippen LogP contribution in [0.1, 0.15) is 40.5 Å². The number of rotatable bonds is 5. The molecule has 0 aliphatic carbocycles. The van der Waals surface area contributed by atoms with Crippen molar-refractivity contribution in [1.82, 2.24) is 0 Å². The van der Waals surface area contributed by atoms with E-state index in [1.54, 1.807) is 0 Å². The molecule has 0 aliphatic rings. The molecule has 0 aliphatic heterocycles. The van der Waals surface area contributed by atoms with Crippen LogP contribution < -0.4 is 5.73 Å². The predicted molar refractivity (Wildman–Crippen MR) is 48.3 cm³/mol. The molecule has 0 aromatic rings. The van der Waals surface area contributed by atoms with Gasteiger partial charge in [-0.3, -0.25) is 0 Å². The van der Waals surface area contributed by atoms with Gasteiger partial charge in [0.15, 0.2) is 0 Å². The van der Waals surface area contributed by atoms with Crippen molar-refractivity contribution in [2.75, 3.05) is 6.61 Å². The first-order chi connectivity index (χ1) is 4.98. The Hall–Kier alpha value is -0.0800. The van der Waals surface area contributed by atoms with Crippen LogP contribution >= 0.6 is 0 Å². The van der Waals surface area contributed by atoms with Crippen LogP contribution in [0.4, 0.5) is 0 Å². The molecule has 0 radical (unpaired) electrons. The zero-order chi connectivity index (χ0) is 8.91. The number of hydrogen-bond acceptors (Lipinski definition) is 2. The average molecular weight is 159 g/mol. The number of nitrogens with two attached hydrogens (primary N) is 1. The van der Waals surface area contributed by atoms with Gasteiger partial charge < -0.3 is 10.5 Å². The fraction of sp³-hybridized carbons (Fsp3) is 1.00. The van der Waals surface area contributed by atoms with Crippen LogP contribution in [0.25, 0.3) is 0 Å². The summed E-state index contributed by atoms with van der Waals surface area (Å²) in [5.74, 6) is 0.707. The van der Waals surface area contributed by atoms with E-state index in [1.807, 2.05) is 13.8 Å². The van der Waals surface area contributed by atoms with Gasteiger partial charge in [0.25, 0.3) is 0 Å². The summed E-state index contributed by atoms with van der Waals surface area (Å²) in [6.07, 6.45) is 2.07. The highest BCUT2D eigenvalue weighted by atomic mass is 16.5. The molecule has 1 atom stereocenters. The van der Waals surface area contributed by atoms with Gasteiger partial charge in [0, 0.05) is 6.61 Å². The lowest BCUT2D eigenvalue weighted by Crippen LogP contribution is -2.39. The molecule has 68 valence electrons. The summed E-state index contributed by atoms with van der Waals surface area (Å²) in [7, 11) is 0. The molecule has 0 amide bonds. The first-order valence-electron chi connectivity index (χ1n) is 4.41. The summed E-state index contributed by atoms with van der Waals surface area (Å²) in [5.41, 5.74) is 5.44. The minimum absolute atomic E-state index is 0.418. The Morgan fingerprint density at radius 1 is 1.45 bits per heavy atom. The molecular formula is C9H21NO. The normalized spacial score (nSPS) is 16.9. The molecule has 0 bridgehead atoms. The maximum atomic E-state index is 5.85. The largest absolute Gasteiger partial charge is 0.361 e. The van der Waals surface area contributed by atoms with Crippen molar-refractivity contribution in [3.63, 3.8) is 0 Å². The van der Waals surface area contributed by atoms with Gasteiger partial charge in [-0.25, -0.2) is 0 Å². The third-order valence-electron chi connectivity index (χ3n) is 1.69. The van der Waals surface area contributed by atoms with Gasteiger partial charge in [-0.1, -0.05) is 13.8 Å². The van der Waals surface area contributed by atoms with Gasteiger partial charge in [0.2, 0.25) is 0 Å². The van der Waals surface area contributed by atoms with E-state index in [9.17, 15) is 0 Å². The van der Waals surface area contributed by atoms with E-state index in [0.717, 1.165) is 12.8 Å². The standard InChI is InChI=1S/C9H21NO/c1-5-11-9(4,10)7-6-8(2)3/h8H,5-7,10H2,1-4H3. The van der Waals surface area contributed by atoms with Crippen LogP contribution in [-0.2, 0) is 4.74 Å². The molecule has 1 unspecified atom stereocenters. The Bertz CT molecular complexity index is 99.7. The molecule has 0 fully saturated rings. The van der Waals surface area contributed by atoms with E-state index in [-0.39, 0.29) is 0 Å². The van der Waals surface area contributed by atoms with E-state index < -0.39 is 5.72 Å². The lowest BCUT2D eigenvalue weighted by atomic mass is 10.0. The van der Waals surface area contributed by atoms with Gasteiger partial charge in [0.1, 0.15) is 5.72 Å². The lowest BCUT2D eigenvalue weighted by Gasteiger charge is -2.25. The number of ether oxygens (including phenoxy) is 1. The van der Waals surface area contributed by atoms with Crippen LogP contribution in [-0.4, -0.2) is 12.3 Å². The van der Waals surface area contributed by atoms with Crippen LogP contribution in [0.2, 0.25) is 0 Å². The fourth-order valence-corrected chi connectivity index (χ4v) is 0.977. The molecule has 2 N–H and O–H groups in total. The highest BCUT2D eigenvalue weighted by Crippen LogP contribution is 2.14. The minimum Gasteiger partial charge on any atom is -0.361 e. The predicted octanol–water partition coefficient (Wildman–Crippen LogP) is 2.13. The van der Waals surface area contributed by atoms with Gasteiger partial charge in [-0.05, 0) is 32.6 Å². The maximum absolute atomic E-state index is 5.85. The fourth-order valence-electron chi connectivity index (χ4n) is 0.977. The second-order valence-corrected chi connectivity index (χ2v) is 3.68. The maximum Gasteiger partial charge on any atom is 0.113 e. The van der Waals surface area contributed by atoms with Crippen molar-refractivity contribution in [3.8, 4) is 0 Å². The molecule has 11 heavy (non-hydrogen) atoms. The monoisotopic (exact) mass is 159 g/mol. The summed E-state index contributed by atoms with van der Waals surface area (Å²) >= 11 is 0. The van der Waals surface area contributed by atoms with E-state index in [0.29, 0.717) is 12.5 Å². The Kier molecular flexibility index (Phi) is 4.69. The quantitative estimate of drug-likeness (QED) is 0.624. The van der Waals surface area contributed by atoms with Gasteiger partial charge in [-0.2, -0.15) is 0 Å². The van der Waals surface area contributed by atoms with E-state index in [2.05, 4.69) is 13.8 Å². The van der Waals surface area contributed by atoms with Crippen molar-refractivity contribution in [2.45, 2.75) is 46.3 Å². The first kappa shape index (κ1) is 10.9. The summed E-state index contributed by atoms with van der Waals surface area (Å²) in [6.45, 7) is 9.01. The van der Waals surface area contributed by atoms with E-state index in [1.165, 1.54) is 0 Å². The average Bonchev–Trinajstić information content (AvgIpc) is 1.84. The second kappa shape index (κ2) is 4.73. The zero-order valence-electron chi connectivity index (χ0n) is 8.18. The van der Waals surface area contributed by atoms with Gasteiger partial charge in [-0.15, -0.1) is 0 Å². The van der Waals surface area contributed by atoms with Crippen molar-refractivity contribution in [1.29, 1.82) is 0 Å². The molecule has 0 aromatic heterocycles. The second-order valence-electron chi connectivity index (χ2n) is 3.68. The van der Waals surface area contributed by atoms with Crippen LogP contribution in [0.15, 0.2) is 0 Å². The third kappa shape index (κ3) is 6.32. The molecule has 2 heteroatoms. The Labute approximate surface area is 70.1 Å². The van der Waals surface area contributed by atoms with Gasteiger partial charge >= 0.3 is 0 Å². The SMILES string of the molecule is CCOC(C)(N)CCC(C)C. The van der Waals surface area contributed by atoms with E-state index in [4.69, 9.17) is 10.5 Å². The van der Waals surface area contributed by atoms with Crippen molar-refractivity contribution < 1.29 is 4.74 Å². The molecule has 0 aromatic carbocycles. The highest BCUT2D eigenvalue weighted by Gasteiger charge is 2.17. The van der Waals surface area contributed by atoms with Gasteiger partial charge in [0.05, 0.1) is 0 Å². The Morgan fingerprint density at radius 3 is 2.36 bits per heavy atom. The molecule has 0 heterocycles. The van der Waals surface area contributed by atoms with Crippen molar-refractivity contribution in [3.05, 3.63) is 0 Å². The molecule has 2 nitrogen and oxygen atoms in total. The first-order valence-corrected chi connectivity index (χ1v) is 4.41. The molecule has 0 saturated carbocycles. The highest BCUT2D eigenvalue weighted by molar-refractivity contribution is 4.66. The van der Waals surface area contributed by atoms with E-state index >= 15 is 0 Å². The molecular weight excluding hydrogens is 138 g/mol. The van der Waals surface area contributed by atoms with Crippen LogP contribution in [0.3, 0.4) is 0 Å². The zero-order valence-corrected chi connectivity index (χ0v) is 8.18. The summed E-state index contributed by atoms with van der Waals surface area (Å²) in [4.78, 5) is 0. The molecule has 0 rings (SSSR count). The van der Waals surface area contributed by atoms with Crippen LogP contribution in [0, 0.1) is 5.92 Å². The smallest absolute Gasteiger partial charge is 0.113 e. The number of hydrogen-bond donors (Lipinski definition) is 1. The summed E-state index contributed by atoms with van der Waals surface area (Å²) < 4.78 is 5.36. The summed E-state index contributed by atoms with van der Waals surface area (Å²) in [6, 6.07) is 0. The molecule has 0 saturated heterocycles. The minimum atomic E-state index is -0.418. The summed E-state index contributed by atoms with van der Waals surface area (Å²) in [5, 5.41) is 0. The van der Waals surface area contributed by atoms with Crippen molar-refractivity contribution in [2.24, 2.45) is 11.7 Å². The Morgan fingerprint density at radius 2 is 2.00 bits per heavy atom.